The summed E-state index contributed by atoms with van der Waals surface area (Å²) in [5.41, 5.74) is 12.2. The topological polar surface area (TPSA) is 141 Å². The lowest BCUT2D eigenvalue weighted by molar-refractivity contribution is -0.0529. The van der Waals surface area contributed by atoms with Crippen LogP contribution in [0.15, 0.2) is 37.1 Å². The summed E-state index contributed by atoms with van der Waals surface area (Å²) in [6.07, 6.45) is -0.248. The molecule has 0 radical (unpaired) electrons. The Kier molecular flexibility index (Phi) is 7.23. The molecule has 14 heteroatoms. The molecule has 0 aliphatic carbocycles. The zero-order valence-corrected chi connectivity index (χ0v) is 21.7. The number of aliphatic hydroxyl groups is 1. The highest BCUT2D eigenvalue weighted by Crippen LogP contribution is 2.37. The second-order valence-electron chi connectivity index (χ2n) is 9.90. The minimum Gasteiger partial charge on any atom is -0.494 e. The maximum Gasteiger partial charge on any atom is 0.265 e. The van der Waals surface area contributed by atoms with Crippen molar-refractivity contribution in [2.45, 2.75) is 43.9 Å². The number of ether oxygens (including phenoxy) is 1. The van der Waals surface area contributed by atoms with Crippen LogP contribution < -0.4 is 21.1 Å². The Balaban J connectivity index is 1.64. The lowest BCUT2D eigenvalue weighted by Gasteiger charge is -2.44. The van der Waals surface area contributed by atoms with Crippen LogP contribution in [0.3, 0.4) is 0 Å². The molecule has 1 aliphatic heterocycles. The number of pyridine rings is 1. The SMILES string of the molecule is COc1cc(F)c(-c2cnc(N3CCC[C@](N)([C@H](O)C(F)F)C3)c(C(C)n3cnc4c(N)ncnc43)c2)cc1F. The maximum absolute atomic E-state index is 15.0. The third-order valence-electron chi connectivity index (χ3n) is 7.38. The molecule has 1 aliphatic rings. The Bertz CT molecular complexity index is 1550. The first kappa shape index (κ1) is 27.5. The molecule has 4 aromatic rings. The molecule has 0 amide bonds. The third kappa shape index (κ3) is 4.77. The summed E-state index contributed by atoms with van der Waals surface area (Å²) in [5, 5.41) is 10.2. The summed E-state index contributed by atoms with van der Waals surface area (Å²) in [6, 6.07) is 3.07. The molecule has 10 nitrogen and oxygen atoms in total. The van der Waals surface area contributed by atoms with Gasteiger partial charge in [-0.2, -0.15) is 0 Å². The van der Waals surface area contributed by atoms with Gasteiger partial charge >= 0.3 is 0 Å². The highest BCUT2D eigenvalue weighted by Gasteiger charge is 2.43. The molecular weight excluding hydrogens is 532 g/mol. The minimum absolute atomic E-state index is 0.0483. The first-order valence-electron chi connectivity index (χ1n) is 12.5. The van der Waals surface area contributed by atoms with Gasteiger partial charge in [-0.3, -0.25) is 0 Å². The van der Waals surface area contributed by atoms with Gasteiger partial charge in [0.1, 0.15) is 29.6 Å². The van der Waals surface area contributed by atoms with Crippen LogP contribution in [0.1, 0.15) is 31.4 Å². The number of piperidine rings is 1. The minimum atomic E-state index is -3.02. The molecule has 1 fully saturated rings. The van der Waals surface area contributed by atoms with E-state index < -0.39 is 35.7 Å². The molecule has 212 valence electrons. The van der Waals surface area contributed by atoms with Gasteiger partial charge in [0.25, 0.3) is 6.43 Å². The summed E-state index contributed by atoms with van der Waals surface area (Å²) in [5.74, 6) is -1.16. The van der Waals surface area contributed by atoms with E-state index in [1.165, 1.54) is 26.0 Å². The fraction of sp³-hybridized carbons (Fsp3) is 0.385. The van der Waals surface area contributed by atoms with E-state index in [4.69, 9.17) is 16.2 Å². The number of rotatable bonds is 7. The van der Waals surface area contributed by atoms with Gasteiger partial charge in [0.2, 0.25) is 0 Å². The molecule has 1 unspecified atom stereocenters. The predicted octanol–water partition coefficient (Wildman–Crippen LogP) is 3.29. The molecule has 3 aromatic heterocycles. The number of hydrogen-bond donors (Lipinski definition) is 3. The van der Waals surface area contributed by atoms with Crippen LogP contribution in [0.2, 0.25) is 0 Å². The molecule has 0 saturated carbocycles. The van der Waals surface area contributed by atoms with E-state index in [9.17, 15) is 18.3 Å². The van der Waals surface area contributed by atoms with Crippen LogP contribution >= 0.6 is 0 Å². The van der Waals surface area contributed by atoms with Crippen LogP contribution in [-0.2, 0) is 0 Å². The predicted molar refractivity (Wildman–Crippen MR) is 140 cm³/mol. The van der Waals surface area contributed by atoms with E-state index in [0.29, 0.717) is 35.5 Å². The van der Waals surface area contributed by atoms with Crippen LogP contribution in [0.4, 0.5) is 29.2 Å². The number of nitrogens with zero attached hydrogens (tertiary/aromatic N) is 6. The normalized spacial score (nSPS) is 19.3. The number of anilines is 2. The number of alkyl halides is 2. The van der Waals surface area contributed by atoms with Gasteiger partial charge in [-0.15, -0.1) is 0 Å². The van der Waals surface area contributed by atoms with Crippen molar-refractivity contribution in [3.05, 3.63) is 54.2 Å². The number of fused-ring (bicyclic) bond motifs is 1. The van der Waals surface area contributed by atoms with E-state index >= 15 is 4.39 Å². The molecule has 0 bridgehead atoms. The van der Waals surface area contributed by atoms with Crippen LogP contribution in [-0.4, -0.2) is 67.9 Å². The molecule has 3 atom stereocenters. The lowest BCUT2D eigenvalue weighted by atomic mass is 9.84. The van der Waals surface area contributed by atoms with Crippen molar-refractivity contribution in [3.8, 4) is 16.9 Å². The van der Waals surface area contributed by atoms with E-state index in [1.54, 1.807) is 15.5 Å². The van der Waals surface area contributed by atoms with E-state index in [1.807, 2.05) is 6.92 Å². The average molecular weight is 561 g/mol. The monoisotopic (exact) mass is 560 g/mol. The number of methoxy groups -OCH3 is 1. The Labute approximate surface area is 226 Å². The van der Waals surface area contributed by atoms with Gasteiger partial charge < -0.3 is 30.8 Å². The fourth-order valence-corrected chi connectivity index (χ4v) is 5.19. The number of nitrogens with two attached hydrogens (primary N) is 2. The Morgan fingerprint density at radius 1 is 1.10 bits per heavy atom. The van der Waals surface area contributed by atoms with Crippen molar-refractivity contribution in [2.75, 3.05) is 30.8 Å². The van der Waals surface area contributed by atoms with Crippen molar-refractivity contribution in [1.29, 1.82) is 0 Å². The standard InChI is InChI=1S/C26H28F4N8O2/c1-13(38-12-36-20-23(31)34-11-35-25(20)38)15-6-14(16-7-18(28)19(40-2)8-17(16)27)9-33-24(15)37-5-3-4-26(32,10-37)21(39)22(29)30/h6-9,11-13,21-22,39H,3-5,10,32H2,1-2H3,(H2,31,34,35)/t13?,21-,26-/m1/s1. The van der Waals surface area contributed by atoms with Gasteiger partial charge in [0.05, 0.1) is 25.0 Å². The summed E-state index contributed by atoms with van der Waals surface area (Å²) in [6.45, 7) is 2.14. The first-order valence-corrected chi connectivity index (χ1v) is 12.5. The first-order chi connectivity index (χ1) is 19.0. The summed E-state index contributed by atoms with van der Waals surface area (Å²) < 4.78 is 63.1. The number of benzene rings is 1. The maximum atomic E-state index is 15.0. The fourth-order valence-electron chi connectivity index (χ4n) is 5.19. The van der Waals surface area contributed by atoms with Gasteiger partial charge in [0.15, 0.2) is 23.0 Å². The Morgan fingerprint density at radius 3 is 2.60 bits per heavy atom. The van der Waals surface area contributed by atoms with Crippen LogP contribution in [0.5, 0.6) is 5.75 Å². The second-order valence-corrected chi connectivity index (χ2v) is 9.90. The van der Waals surface area contributed by atoms with E-state index in [-0.39, 0.29) is 35.7 Å². The van der Waals surface area contributed by atoms with Crippen molar-refractivity contribution >= 4 is 22.8 Å². The smallest absolute Gasteiger partial charge is 0.265 e. The number of hydrogen-bond acceptors (Lipinski definition) is 9. The van der Waals surface area contributed by atoms with Crippen molar-refractivity contribution in [2.24, 2.45) is 5.73 Å². The number of halogens is 4. The summed E-state index contributed by atoms with van der Waals surface area (Å²) in [7, 11) is 1.24. The molecule has 0 spiro atoms. The van der Waals surface area contributed by atoms with Crippen molar-refractivity contribution in [3.63, 3.8) is 0 Å². The quantitative estimate of drug-likeness (QED) is 0.290. The molecule has 5 rings (SSSR count). The van der Waals surface area contributed by atoms with Gasteiger partial charge in [0, 0.05) is 42.0 Å². The van der Waals surface area contributed by atoms with Gasteiger partial charge in [-0.25, -0.2) is 37.5 Å². The van der Waals surface area contributed by atoms with E-state index in [0.717, 1.165) is 12.1 Å². The highest BCUT2D eigenvalue weighted by molar-refractivity contribution is 5.81. The molecular formula is C26H28F4N8O2. The van der Waals surface area contributed by atoms with E-state index in [2.05, 4.69) is 19.9 Å². The number of aromatic nitrogens is 5. The molecule has 40 heavy (non-hydrogen) atoms. The number of aliphatic hydroxyl groups excluding tert-OH is 1. The molecule has 5 N–H and O–H groups in total. The Hall–Kier alpha value is -4.04. The second kappa shape index (κ2) is 10.5. The summed E-state index contributed by atoms with van der Waals surface area (Å²) >= 11 is 0. The van der Waals surface area contributed by atoms with Crippen LogP contribution in [0.25, 0.3) is 22.3 Å². The summed E-state index contributed by atoms with van der Waals surface area (Å²) in [4.78, 5) is 18.9. The zero-order valence-electron chi connectivity index (χ0n) is 21.7. The third-order valence-corrected chi connectivity index (χ3v) is 7.38. The van der Waals surface area contributed by atoms with Crippen molar-refractivity contribution in [1.82, 2.24) is 24.5 Å². The molecule has 1 saturated heterocycles. The number of imidazole rings is 1. The van der Waals surface area contributed by atoms with Gasteiger partial charge in [-0.05, 0) is 31.9 Å². The molecule has 1 aromatic carbocycles. The number of nitrogen functional groups attached to an aromatic ring is 1. The Morgan fingerprint density at radius 2 is 1.88 bits per heavy atom. The highest BCUT2D eigenvalue weighted by atomic mass is 19.3. The van der Waals surface area contributed by atoms with Gasteiger partial charge in [-0.1, -0.05) is 0 Å². The average Bonchev–Trinajstić information content (AvgIpc) is 3.38. The van der Waals surface area contributed by atoms with Crippen molar-refractivity contribution < 1.29 is 27.4 Å². The molecule has 4 heterocycles. The van der Waals surface area contributed by atoms with Crippen LogP contribution in [0, 0.1) is 11.6 Å². The lowest BCUT2D eigenvalue weighted by Crippen LogP contribution is -2.63. The largest absolute Gasteiger partial charge is 0.494 e. The zero-order chi connectivity index (χ0) is 28.8.